The zero-order valence-corrected chi connectivity index (χ0v) is 11.6. The average molecular weight is 257 g/mol. The van der Waals surface area contributed by atoms with Crippen LogP contribution in [0.3, 0.4) is 0 Å². The van der Waals surface area contributed by atoms with Gasteiger partial charge in [0, 0.05) is 26.1 Å². The Labute approximate surface area is 110 Å². The topological polar surface area (TPSA) is 44.8 Å². The third-order valence-corrected chi connectivity index (χ3v) is 4.23. The van der Waals surface area contributed by atoms with Crippen molar-refractivity contribution in [2.24, 2.45) is 5.92 Å². The van der Waals surface area contributed by atoms with Crippen molar-refractivity contribution in [2.45, 2.75) is 18.6 Å². The van der Waals surface area contributed by atoms with E-state index in [9.17, 15) is 5.11 Å². The molecule has 0 N–H and O–H groups in total. The van der Waals surface area contributed by atoms with E-state index in [-0.39, 0.29) is 5.92 Å². The molecule has 1 atom stereocenters. The highest BCUT2D eigenvalue weighted by Gasteiger charge is 2.41. The van der Waals surface area contributed by atoms with Crippen molar-refractivity contribution in [1.82, 2.24) is 9.80 Å². The fourth-order valence-electron chi connectivity index (χ4n) is 2.88. The Morgan fingerprint density at radius 2 is 1.83 bits per heavy atom. The first kappa shape index (κ1) is 14.2. The van der Waals surface area contributed by atoms with Crippen LogP contribution < -0.4 is 0 Å². The summed E-state index contributed by atoms with van der Waals surface area (Å²) < 4.78 is 10.7. The number of nitrogens with zero attached hydrogens (tertiary/aromatic N) is 2. The van der Waals surface area contributed by atoms with Crippen molar-refractivity contribution >= 4 is 0 Å². The van der Waals surface area contributed by atoms with Gasteiger partial charge in [-0.25, -0.2) is 0 Å². The molecule has 2 aliphatic rings. The number of ether oxygens (including phenoxy) is 2. The summed E-state index contributed by atoms with van der Waals surface area (Å²) in [5, 5.41) is 12.9. The third-order valence-electron chi connectivity index (χ3n) is 4.23. The van der Waals surface area contributed by atoms with E-state index >= 15 is 0 Å². The molecule has 1 radical (unpaired) electrons. The number of methoxy groups -OCH3 is 1. The van der Waals surface area contributed by atoms with Gasteiger partial charge >= 0.3 is 0 Å². The molecule has 0 aromatic heterocycles. The highest BCUT2D eigenvalue weighted by molar-refractivity contribution is 4.85. The molecule has 0 aliphatic carbocycles. The van der Waals surface area contributed by atoms with Crippen LogP contribution in [0.15, 0.2) is 0 Å². The normalized spacial score (nSPS) is 28.2. The molecule has 105 valence electrons. The average Bonchev–Trinajstić information content (AvgIpc) is 2.40. The zero-order valence-electron chi connectivity index (χ0n) is 11.6. The minimum Gasteiger partial charge on any atom is -0.379 e. The van der Waals surface area contributed by atoms with Gasteiger partial charge in [0.2, 0.25) is 5.79 Å². The monoisotopic (exact) mass is 257 g/mol. The lowest BCUT2D eigenvalue weighted by atomic mass is 9.88. The van der Waals surface area contributed by atoms with Gasteiger partial charge in [0.05, 0.1) is 19.8 Å². The van der Waals surface area contributed by atoms with Crippen LogP contribution in [0.5, 0.6) is 0 Å². The van der Waals surface area contributed by atoms with Gasteiger partial charge in [0.25, 0.3) is 0 Å². The largest absolute Gasteiger partial charge is 0.379 e. The first-order valence-electron chi connectivity index (χ1n) is 6.88. The lowest BCUT2D eigenvalue weighted by Crippen LogP contribution is -2.53. The number of rotatable bonds is 4. The summed E-state index contributed by atoms with van der Waals surface area (Å²) in [6.45, 7) is 5.64. The molecule has 0 aromatic rings. The quantitative estimate of drug-likeness (QED) is 0.685. The molecule has 0 aromatic carbocycles. The third kappa shape index (κ3) is 3.42. The molecule has 2 aliphatic heterocycles. The molecule has 5 nitrogen and oxygen atoms in total. The number of likely N-dealkylation sites (tertiary alicyclic amines) is 1. The first-order valence-corrected chi connectivity index (χ1v) is 6.88. The van der Waals surface area contributed by atoms with Crippen molar-refractivity contribution in [2.75, 3.05) is 60.1 Å². The Morgan fingerprint density at radius 1 is 1.22 bits per heavy atom. The fourth-order valence-corrected chi connectivity index (χ4v) is 2.88. The van der Waals surface area contributed by atoms with Gasteiger partial charge in [-0.15, -0.1) is 0 Å². The molecular formula is C13H25N2O3. The molecule has 2 heterocycles. The van der Waals surface area contributed by atoms with Gasteiger partial charge in [-0.1, -0.05) is 0 Å². The molecule has 18 heavy (non-hydrogen) atoms. The highest BCUT2D eigenvalue weighted by Crippen LogP contribution is 2.30. The zero-order chi connectivity index (χ0) is 13.0. The summed E-state index contributed by atoms with van der Waals surface area (Å²) in [7, 11) is 3.67. The van der Waals surface area contributed by atoms with Gasteiger partial charge in [-0.2, -0.15) is 5.11 Å². The second-order valence-electron chi connectivity index (χ2n) is 5.48. The van der Waals surface area contributed by atoms with Crippen LogP contribution in [0.2, 0.25) is 0 Å². The molecule has 1 unspecified atom stereocenters. The first-order chi connectivity index (χ1) is 8.64. The van der Waals surface area contributed by atoms with Crippen molar-refractivity contribution in [1.29, 1.82) is 0 Å². The summed E-state index contributed by atoms with van der Waals surface area (Å²) in [6, 6.07) is 0. The van der Waals surface area contributed by atoms with Gasteiger partial charge in [-0.05, 0) is 33.0 Å². The summed E-state index contributed by atoms with van der Waals surface area (Å²) >= 11 is 0. The van der Waals surface area contributed by atoms with Gasteiger partial charge in [0.1, 0.15) is 0 Å². The molecule has 2 fully saturated rings. The predicted molar refractivity (Wildman–Crippen MR) is 67.9 cm³/mol. The second-order valence-corrected chi connectivity index (χ2v) is 5.48. The van der Waals surface area contributed by atoms with Crippen molar-refractivity contribution in [3.05, 3.63) is 0 Å². The summed E-state index contributed by atoms with van der Waals surface area (Å²) in [5.41, 5.74) is 0. The van der Waals surface area contributed by atoms with Crippen LogP contribution in [0.4, 0.5) is 0 Å². The van der Waals surface area contributed by atoms with Crippen molar-refractivity contribution in [3.63, 3.8) is 0 Å². The lowest BCUT2D eigenvalue weighted by molar-refractivity contribution is -0.274. The number of hydrogen-bond donors (Lipinski definition) is 0. The van der Waals surface area contributed by atoms with E-state index in [1.807, 2.05) is 0 Å². The van der Waals surface area contributed by atoms with E-state index in [2.05, 4.69) is 16.8 Å². The van der Waals surface area contributed by atoms with Crippen molar-refractivity contribution < 1.29 is 14.6 Å². The molecule has 0 spiro atoms. The van der Waals surface area contributed by atoms with Gasteiger partial charge < -0.3 is 14.4 Å². The minimum atomic E-state index is -1.25. The highest BCUT2D eigenvalue weighted by atomic mass is 16.6. The molecule has 0 bridgehead atoms. The Kier molecular flexibility index (Phi) is 4.98. The number of piperidine rings is 1. The molecular weight excluding hydrogens is 232 g/mol. The molecule has 2 rings (SSSR count). The molecule has 0 amide bonds. The SMILES string of the molecule is COC([O])(CN1CCOCC1)C1CCN(C)CC1. The van der Waals surface area contributed by atoms with E-state index in [1.54, 1.807) is 7.11 Å². The second kappa shape index (κ2) is 6.30. The smallest absolute Gasteiger partial charge is 0.217 e. The Morgan fingerprint density at radius 3 is 2.39 bits per heavy atom. The van der Waals surface area contributed by atoms with E-state index in [0.29, 0.717) is 6.54 Å². The van der Waals surface area contributed by atoms with Gasteiger partial charge in [-0.3, -0.25) is 4.90 Å². The predicted octanol–water partition coefficient (Wildman–Crippen LogP) is 0.434. The van der Waals surface area contributed by atoms with Crippen molar-refractivity contribution in [3.8, 4) is 0 Å². The van der Waals surface area contributed by atoms with Crippen LogP contribution in [0.25, 0.3) is 0 Å². The molecule has 2 saturated heterocycles. The van der Waals surface area contributed by atoms with E-state index < -0.39 is 5.79 Å². The Bertz CT molecular complexity index is 251. The maximum Gasteiger partial charge on any atom is 0.217 e. The number of hydrogen-bond acceptors (Lipinski definition) is 4. The van der Waals surface area contributed by atoms with E-state index in [0.717, 1.165) is 52.2 Å². The minimum absolute atomic E-state index is 0.126. The van der Waals surface area contributed by atoms with E-state index in [1.165, 1.54) is 0 Å². The summed E-state index contributed by atoms with van der Waals surface area (Å²) in [6.07, 6.45) is 1.89. The Balaban J connectivity index is 1.91. The van der Waals surface area contributed by atoms with Gasteiger partial charge in [0.15, 0.2) is 0 Å². The maximum absolute atomic E-state index is 12.9. The van der Waals surface area contributed by atoms with Crippen LogP contribution >= 0.6 is 0 Å². The van der Waals surface area contributed by atoms with Crippen LogP contribution in [-0.4, -0.2) is 75.7 Å². The van der Waals surface area contributed by atoms with Crippen LogP contribution in [0, 0.1) is 5.92 Å². The maximum atomic E-state index is 12.9. The Hall–Kier alpha value is -0.200. The van der Waals surface area contributed by atoms with Crippen LogP contribution in [0.1, 0.15) is 12.8 Å². The standard InChI is InChI=1S/C13H25N2O3/c1-14-5-3-12(4-6-14)13(16,17-2)11-15-7-9-18-10-8-15/h12H,3-11H2,1-2H3. The molecule has 5 heteroatoms. The molecule has 0 saturated carbocycles. The number of morpholine rings is 1. The van der Waals surface area contributed by atoms with Crippen LogP contribution in [-0.2, 0) is 14.6 Å². The fraction of sp³-hybridized carbons (Fsp3) is 1.00. The lowest BCUT2D eigenvalue weighted by Gasteiger charge is -2.41. The summed E-state index contributed by atoms with van der Waals surface area (Å²) in [4.78, 5) is 4.46. The van der Waals surface area contributed by atoms with E-state index in [4.69, 9.17) is 9.47 Å². The summed E-state index contributed by atoms with van der Waals surface area (Å²) in [5.74, 6) is -1.12.